The van der Waals surface area contributed by atoms with Crippen LogP contribution in [0.25, 0.3) is 0 Å². The van der Waals surface area contributed by atoms with E-state index in [0.29, 0.717) is 0 Å². The number of rotatable bonds is 4. The molecule has 0 heterocycles. The van der Waals surface area contributed by atoms with Gasteiger partial charge in [0.2, 0.25) is 0 Å². The van der Waals surface area contributed by atoms with Crippen molar-refractivity contribution in [3.63, 3.8) is 0 Å². The molecule has 2 rings (SSSR count). The zero-order valence-corrected chi connectivity index (χ0v) is 9.94. The van der Waals surface area contributed by atoms with Gasteiger partial charge in [0, 0.05) is 22.2 Å². The van der Waals surface area contributed by atoms with E-state index < -0.39 is 5.97 Å². The van der Waals surface area contributed by atoms with Crippen LogP contribution < -0.4 is 5.11 Å². The summed E-state index contributed by atoms with van der Waals surface area (Å²) in [5, 5.41) is 10.7. The van der Waals surface area contributed by atoms with Crippen molar-refractivity contribution in [2.45, 2.75) is 16.2 Å². The Labute approximate surface area is 104 Å². The van der Waals surface area contributed by atoms with Gasteiger partial charge in [0.15, 0.2) is 0 Å². The third-order valence-electron chi connectivity index (χ3n) is 2.28. The Hall–Kier alpha value is -1.74. The Morgan fingerprint density at radius 2 is 1.65 bits per heavy atom. The Kier molecular flexibility index (Phi) is 3.83. The maximum Gasteiger partial charge on any atom is 0.0458 e. The Bertz CT molecular complexity index is 509. The standard InChI is InChI=1S/C14H12O2S/c15-14(16)10-11-6-4-5-9-13(11)17-12-7-2-1-3-8-12/h1-9H,10H2,(H,15,16)/p-1. The van der Waals surface area contributed by atoms with Crippen molar-refractivity contribution in [2.24, 2.45) is 0 Å². The number of aliphatic carboxylic acids is 1. The number of hydrogen-bond donors (Lipinski definition) is 0. The summed E-state index contributed by atoms with van der Waals surface area (Å²) in [6.07, 6.45) is -0.0456. The van der Waals surface area contributed by atoms with Crippen molar-refractivity contribution in [3.05, 3.63) is 60.2 Å². The molecule has 0 aliphatic heterocycles. The first kappa shape index (κ1) is 11.7. The molecule has 0 saturated heterocycles. The average Bonchev–Trinajstić information content (AvgIpc) is 2.32. The van der Waals surface area contributed by atoms with Gasteiger partial charge in [-0.25, -0.2) is 0 Å². The summed E-state index contributed by atoms with van der Waals surface area (Å²) < 4.78 is 0. The van der Waals surface area contributed by atoms with Crippen LogP contribution in [0.1, 0.15) is 5.56 Å². The zero-order valence-electron chi connectivity index (χ0n) is 9.13. The lowest BCUT2D eigenvalue weighted by atomic mass is 10.1. The lowest BCUT2D eigenvalue weighted by Gasteiger charge is -2.09. The van der Waals surface area contributed by atoms with Crippen molar-refractivity contribution in [1.29, 1.82) is 0 Å². The van der Waals surface area contributed by atoms with Gasteiger partial charge in [-0.15, -0.1) is 0 Å². The van der Waals surface area contributed by atoms with Gasteiger partial charge >= 0.3 is 0 Å². The van der Waals surface area contributed by atoms with Crippen LogP contribution in [0.3, 0.4) is 0 Å². The Morgan fingerprint density at radius 1 is 1.00 bits per heavy atom. The molecule has 0 N–H and O–H groups in total. The summed E-state index contributed by atoms with van der Waals surface area (Å²) in [5.74, 6) is -1.05. The first-order valence-electron chi connectivity index (χ1n) is 5.26. The van der Waals surface area contributed by atoms with E-state index >= 15 is 0 Å². The molecule has 3 heteroatoms. The molecule has 2 nitrogen and oxygen atoms in total. The number of carboxylic acid groups (broad SMARTS) is 1. The molecule has 0 amide bonds. The third-order valence-corrected chi connectivity index (χ3v) is 3.40. The highest BCUT2D eigenvalue weighted by Crippen LogP contribution is 2.30. The topological polar surface area (TPSA) is 40.1 Å². The van der Waals surface area contributed by atoms with Crippen LogP contribution in [0.2, 0.25) is 0 Å². The number of hydrogen-bond acceptors (Lipinski definition) is 3. The maximum atomic E-state index is 10.7. The number of carboxylic acids is 1. The lowest BCUT2D eigenvalue weighted by molar-refractivity contribution is -0.304. The normalized spacial score (nSPS) is 10.1. The molecule has 17 heavy (non-hydrogen) atoms. The maximum absolute atomic E-state index is 10.7. The smallest absolute Gasteiger partial charge is 0.0458 e. The summed E-state index contributed by atoms with van der Waals surface area (Å²) in [7, 11) is 0. The predicted molar refractivity (Wildman–Crippen MR) is 65.7 cm³/mol. The first-order chi connectivity index (χ1) is 8.25. The van der Waals surface area contributed by atoms with E-state index in [4.69, 9.17) is 0 Å². The number of carbonyl (C=O) groups excluding carboxylic acids is 1. The fraction of sp³-hybridized carbons (Fsp3) is 0.0714. The van der Waals surface area contributed by atoms with E-state index in [1.54, 1.807) is 11.8 Å². The molecule has 2 aromatic carbocycles. The van der Waals surface area contributed by atoms with Crippen LogP contribution in [-0.2, 0) is 11.2 Å². The molecule has 0 saturated carbocycles. The lowest BCUT2D eigenvalue weighted by Crippen LogP contribution is -2.24. The molecule has 0 aromatic heterocycles. The molecule has 0 atom stereocenters. The molecule has 0 aliphatic carbocycles. The van der Waals surface area contributed by atoms with Crippen LogP contribution in [0.15, 0.2) is 64.4 Å². The zero-order chi connectivity index (χ0) is 12.1. The molecule has 2 aromatic rings. The van der Waals surface area contributed by atoms with E-state index in [-0.39, 0.29) is 6.42 Å². The second kappa shape index (κ2) is 5.55. The van der Waals surface area contributed by atoms with Crippen molar-refractivity contribution >= 4 is 17.7 Å². The van der Waals surface area contributed by atoms with Crippen molar-refractivity contribution in [3.8, 4) is 0 Å². The SMILES string of the molecule is O=C([O-])Cc1ccccc1Sc1ccccc1. The highest BCUT2D eigenvalue weighted by molar-refractivity contribution is 7.99. The molecule has 86 valence electrons. The molecule has 0 radical (unpaired) electrons. The predicted octanol–water partition coefficient (Wildman–Crippen LogP) is 2.13. The average molecular weight is 243 g/mol. The number of benzene rings is 2. The van der Waals surface area contributed by atoms with Crippen LogP contribution >= 0.6 is 11.8 Å². The summed E-state index contributed by atoms with van der Waals surface area (Å²) in [6.45, 7) is 0. The Morgan fingerprint density at radius 3 is 2.35 bits per heavy atom. The fourth-order valence-electron chi connectivity index (χ4n) is 1.52. The van der Waals surface area contributed by atoms with Gasteiger partial charge in [0.1, 0.15) is 0 Å². The quantitative estimate of drug-likeness (QED) is 0.826. The van der Waals surface area contributed by atoms with Gasteiger partial charge in [0.25, 0.3) is 0 Å². The van der Waals surface area contributed by atoms with Gasteiger partial charge in [-0.2, -0.15) is 0 Å². The van der Waals surface area contributed by atoms with E-state index in [1.165, 1.54) is 0 Å². The molecular formula is C14H11O2S-. The summed E-state index contributed by atoms with van der Waals surface area (Å²) in [5.41, 5.74) is 0.793. The molecular weight excluding hydrogens is 232 g/mol. The fourth-order valence-corrected chi connectivity index (χ4v) is 2.49. The first-order valence-corrected chi connectivity index (χ1v) is 6.08. The van der Waals surface area contributed by atoms with E-state index in [9.17, 15) is 9.90 Å². The van der Waals surface area contributed by atoms with Crippen molar-refractivity contribution in [1.82, 2.24) is 0 Å². The van der Waals surface area contributed by atoms with Gasteiger partial charge < -0.3 is 9.90 Å². The molecule has 0 aliphatic rings. The van der Waals surface area contributed by atoms with Crippen LogP contribution in [0.5, 0.6) is 0 Å². The van der Waals surface area contributed by atoms with Gasteiger partial charge in [0.05, 0.1) is 0 Å². The van der Waals surface area contributed by atoms with E-state index in [2.05, 4.69) is 0 Å². The largest absolute Gasteiger partial charge is 0.550 e. The van der Waals surface area contributed by atoms with Crippen LogP contribution in [0, 0.1) is 0 Å². The summed E-state index contributed by atoms with van der Waals surface area (Å²) >= 11 is 1.57. The second-order valence-corrected chi connectivity index (χ2v) is 4.69. The highest BCUT2D eigenvalue weighted by Gasteiger charge is 2.03. The van der Waals surface area contributed by atoms with E-state index in [1.807, 2.05) is 54.6 Å². The summed E-state index contributed by atoms with van der Waals surface area (Å²) in [4.78, 5) is 12.7. The van der Waals surface area contributed by atoms with Gasteiger partial charge in [-0.3, -0.25) is 0 Å². The van der Waals surface area contributed by atoms with Crippen molar-refractivity contribution in [2.75, 3.05) is 0 Å². The van der Waals surface area contributed by atoms with Crippen molar-refractivity contribution < 1.29 is 9.90 Å². The minimum Gasteiger partial charge on any atom is -0.550 e. The minimum absolute atomic E-state index is 0.0456. The van der Waals surface area contributed by atoms with Gasteiger partial charge in [-0.05, 0) is 23.8 Å². The number of carbonyl (C=O) groups is 1. The van der Waals surface area contributed by atoms with E-state index in [0.717, 1.165) is 15.4 Å². The Balaban J connectivity index is 2.23. The second-order valence-electron chi connectivity index (χ2n) is 3.57. The monoisotopic (exact) mass is 243 g/mol. The molecule has 0 fully saturated rings. The molecule has 0 bridgehead atoms. The van der Waals surface area contributed by atoms with Gasteiger partial charge in [-0.1, -0.05) is 48.2 Å². The molecule has 0 unspecified atom stereocenters. The minimum atomic E-state index is -1.05. The third kappa shape index (κ3) is 3.36. The van der Waals surface area contributed by atoms with Crippen LogP contribution in [-0.4, -0.2) is 5.97 Å². The summed E-state index contributed by atoms with van der Waals surface area (Å²) in [6, 6.07) is 17.4. The molecule has 0 spiro atoms. The highest BCUT2D eigenvalue weighted by atomic mass is 32.2. The van der Waals surface area contributed by atoms with Crippen LogP contribution in [0.4, 0.5) is 0 Å².